The van der Waals surface area contributed by atoms with Gasteiger partial charge in [0.1, 0.15) is 11.5 Å². The van der Waals surface area contributed by atoms with Gasteiger partial charge in [-0.1, -0.05) is 30.3 Å². The highest BCUT2D eigenvalue weighted by Crippen LogP contribution is 2.28. The number of benzene rings is 3. The van der Waals surface area contributed by atoms with Crippen molar-refractivity contribution in [2.75, 3.05) is 14.2 Å². The Hall–Kier alpha value is -2.50. The molecule has 0 aromatic heterocycles. The molecule has 0 saturated heterocycles. The fourth-order valence-electron chi connectivity index (χ4n) is 2.76. The van der Waals surface area contributed by atoms with Gasteiger partial charge in [-0.2, -0.15) is 0 Å². The summed E-state index contributed by atoms with van der Waals surface area (Å²) >= 11 is 0. The van der Waals surface area contributed by atoms with Gasteiger partial charge in [-0.3, -0.25) is 0 Å². The highest BCUT2D eigenvalue weighted by Gasteiger charge is 2.20. The van der Waals surface area contributed by atoms with Gasteiger partial charge in [0.05, 0.1) is 14.2 Å². The summed E-state index contributed by atoms with van der Waals surface area (Å²) in [5.74, 6) is 1.26. The van der Waals surface area contributed by atoms with Crippen molar-refractivity contribution in [1.82, 2.24) is 0 Å². The average Bonchev–Trinajstić information content (AvgIpc) is 2.60. The van der Waals surface area contributed by atoms with E-state index in [0.717, 1.165) is 27.6 Å². The molecule has 23 heavy (non-hydrogen) atoms. The van der Waals surface area contributed by atoms with Crippen LogP contribution in [0.1, 0.15) is 0 Å². The lowest BCUT2D eigenvalue weighted by molar-refractivity contribution is 0.404. The molecule has 0 aliphatic rings. The van der Waals surface area contributed by atoms with Gasteiger partial charge in [0, 0.05) is 5.46 Å². The van der Waals surface area contributed by atoms with Crippen LogP contribution in [0.4, 0.5) is 0 Å². The van der Waals surface area contributed by atoms with Crippen molar-refractivity contribution >= 4 is 23.4 Å². The summed E-state index contributed by atoms with van der Waals surface area (Å²) in [5, 5.41) is 21.0. The summed E-state index contributed by atoms with van der Waals surface area (Å²) in [7, 11) is 1.56. The molecule has 0 spiro atoms. The maximum absolute atomic E-state index is 9.65. The predicted molar refractivity (Wildman–Crippen MR) is 92.3 cm³/mol. The van der Waals surface area contributed by atoms with E-state index in [9.17, 15) is 10.0 Å². The fraction of sp³-hybridized carbons (Fsp3) is 0.111. The first-order valence-corrected chi connectivity index (χ1v) is 7.25. The Morgan fingerprint density at radius 2 is 1.61 bits per heavy atom. The molecule has 0 aliphatic heterocycles. The van der Waals surface area contributed by atoms with E-state index in [1.807, 2.05) is 48.5 Å². The molecule has 0 radical (unpaired) electrons. The summed E-state index contributed by atoms with van der Waals surface area (Å²) in [6.07, 6.45) is 0. The van der Waals surface area contributed by atoms with E-state index in [4.69, 9.17) is 9.47 Å². The molecule has 3 aromatic rings. The van der Waals surface area contributed by atoms with Crippen molar-refractivity contribution < 1.29 is 19.5 Å². The number of methoxy groups -OCH3 is 2. The van der Waals surface area contributed by atoms with E-state index in [-0.39, 0.29) is 0 Å². The van der Waals surface area contributed by atoms with E-state index < -0.39 is 7.12 Å². The lowest BCUT2D eigenvalue weighted by Crippen LogP contribution is -2.31. The van der Waals surface area contributed by atoms with Crippen LogP contribution >= 0.6 is 0 Å². The van der Waals surface area contributed by atoms with E-state index in [1.165, 1.54) is 7.11 Å². The van der Waals surface area contributed by atoms with Crippen LogP contribution in [0.3, 0.4) is 0 Å². The zero-order valence-electron chi connectivity index (χ0n) is 13.0. The Bertz CT molecular complexity index is 846. The van der Waals surface area contributed by atoms with Crippen LogP contribution in [-0.2, 0) is 0 Å². The SMILES string of the molecule is COc1cccc(-c2ccc3c(B(O)O)c(OC)ccc3c2)c1. The zero-order chi connectivity index (χ0) is 16.4. The maximum Gasteiger partial charge on any atom is 0.492 e. The molecule has 0 aliphatic carbocycles. The molecule has 0 fully saturated rings. The largest absolute Gasteiger partial charge is 0.497 e. The third-order valence-corrected chi connectivity index (χ3v) is 3.90. The molecule has 3 rings (SSSR count). The van der Waals surface area contributed by atoms with Crippen molar-refractivity contribution in [3.63, 3.8) is 0 Å². The molecular weight excluding hydrogens is 291 g/mol. The second-order valence-corrected chi connectivity index (χ2v) is 5.22. The topological polar surface area (TPSA) is 58.9 Å². The van der Waals surface area contributed by atoms with E-state index in [2.05, 4.69) is 0 Å². The van der Waals surface area contributed by atoms with Gasteiger partial charge in [0.15, 0.2) is 0 Å². The summed E-state index contributed by atoms with van der Waals surface area (Å²) in [4.78, 5) is 0. The Morgan fingerprint density at radius 3 is 2.30 bits per heavy atom. The minimum atomic E-state index is -1.59. The summed E-state index contributed by atoms with van der Waals surface area (Å²) in [6.45, 7) is 0. The second-order valence-electron chi connectivity index (χ2n) is 5.22. The molecule has 4 nitrogen and oxygen atoms in total. The van der Waals surface area contributed by atoms with Crippen molar-refractivity contribution in [2.24, 2.45) is 0 Å². The van der Waals surface area contributed by atoms with Gasteiger partial charge in [-0.25, -0.2) is 0 Å². The lowest BCUT2D eigenvalue weighted by atomic mass is 9.76. The minimum absolute atomic E-state index is 0.377. The van der Waals surface area contributed by atoms with Crippen LogP contribution < -0.4 is 14.9 Å². The Morgan fingerprint density at radius 1 is 0.826 bits per heavy atom. The molecule has 0 amide bonds. The van der Waals surface area contributed by atoms with Gasteiger partial charge in [0.2, 0.25) is 0 Å². The van der Waals surface area contributed by atoms with Crippen LogP contribution in [0, 0.1) is 0 Å². The number of rotatable bonds is 4. The molecule has 2 N–H and O–H groups in total. The van der Waals surface area contributed by atoms with Crippen molar-refractivity contribution in [2.45, 2.75) is 0 Å². The van der Waals surface area contributed by atoms with Gasteiger partial charge in [0.25, 0.3) is 0 Å². The van der Waals surface area contributed by atoms with Crippen LogP contribution in [0.2, 0.25) is 0 Å². The summed E-state index contributed by atoms with van der Waals surface area (Å²) in [5.41, 5.74) is 2.44. The van der Waals surface area contributed by atoms with Crippen LogP contribution in [0.5, 0.6) is 11.5 Å². The predicted octanol–water partition coefficient (Wildman–Crippen LogP) is 2.20. The molecule has 0 saturated carbocycles. The number of hydrogen-bond acceptors (Lipinski definition) is 4. The maximum atomic E-state index is 9.65. The summed E-state index contributed by atoms with van der Waals surface area (Å²) in [6, 6.07) is 17.3. The number of fused-ring (bicyclic) bond motifs is 1. The van der Waals surface area contributed by atoms with Crippen molar-refractivity contribution in [3.05, 3.63) is 54.6 Å². The normalized spacial score (nSPS) is 10.6. The molecule has 3 aromatic carbocycles. The number of ether oxygens (including phenoxy) is 2. The Labute approximate surface area is 135 Å². The quantitative estimate of drug-likeness (QED) is 0.726. The van der Waals surface area contributed by atoms with Gasteiger partial charge >= 0.3 is 7.12 Å². The van der Waals surface area contributed by atoms with Crippen LogP contribution in [0.25, 0.3) is 21.9 Å². The highest BCUT2D eigenvalue weighted by atomic mass is 16.5. The highest BCUT2D eigenvalue weighted by molar-refractivity contribution is 6.63. The molecule has 0 heterocycles. The van der Waals surface area contributed by atoms with E-state index >= 15 is 0 Å². The number of hydrogen-bond donors (Lipinski definition) is 2. The molecular formula is C18H17BO4. The van der Waals surface area contributed by atoms with Crippen molar-refractivity contribution in [1.29, 1.82) is 0 Å². The third-order valence-electron chi connectivity index (χ3n) is 3.90. The molecule has 0 atom stereocenters. The van der Waals surface area contributed by atoms with Crippen LogP contribution in [0.15, 0.2) is 54.6 Å². The molecule has 0 bridgehead atoms. The Kier molecular flexibility index (Phi) is 4.23. The molecule has 5 heteroatoms. The second kappa shape index (κ2) is 6.32. The third kappa shape index (κ3) is 2.89. The first kappa shape index (κ1) is 15.4. The first-order chi connectivity index (χ1) is 11.1. The smallest absolute Gasteiger partial charge is 0.492 e. The van der Waals surface area contributed by atoms with E-state index in [1.54, 1.807) is 13.2 Å². The van der Waals surface area contributed by atoms with Crippen LogP contribution in [-0.4, -0.2) is 31.4 Å². The molecule has 0 unspecified atom stereocenters. The minimum Gasteiger partial charge on any atom is -0.497 e. The van der Waals surface area contributed by atoms with E-state index in [0.29, 0.717) is 11.2 Å². The fourth-order valence-corrected chi connectivity index (χ4v) is 2.76. The van der Waals surface area contributed by atoms with Gasteiger partial charge in [-0.15, -0.1) is 0 Å². The average molecular weight is 308 g/mol. The van der Waals surface area contributed by atoms with Gasteiger partial charge < -0.3 is 19.5 Å². The monoisotopic (exact) mass is 308 g/mol. The van der Waals surface area contributed by atoms with Gasteiger partial charge in [-0.05, 0) is 46.2 Å². The lowest BCUT2D eigenvalue weighted by Gasteiger charge is -2.13. The molecule has 116 valence electrons. The van der Waals surface area contributed by atoms with Crippen molar-refractivity contribution in [3.8, 4) is 22.6 Å². The zero-order valence-corrected chi connectivity index (χ0v) is 13.0. The summed E-state index contributed by atoms with van der Waals surface area (Å²) < 4.78 is 10.5. The first-order valence-electron chi connectivity index (χ1n) is 7.25. The standard InChI is InChI=1S/C18H17BO4/c1-22-15-5-3-4-12(11-15)13-6-8-16-14(10-13)7-9-17(23-2)18(16)19(20)21/h3-11,20-21H,1-2H3. The Balaban J connectivity index is 2.16.